The molecule has 1 rings (SSSR count). The fourth-order valence-corrected chi connectivity index (χ4v) is 0.991. The number of halogens is 3. The minimum absolute atomic E-state index is 0.0257. The van der Waals surface area contributed by atoms with Gasteiger partial charge in [0.2, 0.25) is 0 Å². The monoisotopic (exact) mass is 208 g/mol. The Morgan fingerprint density at radius 1 is 1.64 bits per heavy atom. The van der Waals surface area contributed by atoms with E-state index in [1.54, 1.807) is 0 Å². The maximum atomic E-state index is 12.3. The number of alkyl halides is 3. The van der Waals surface area contributed by atoms with E-state index < -0.39 is 23.5 Å². The third kappa shape index (κ3) is 1.86. The van der Waals surface area contributed by atoms with E-state index in [1.807, 2.05) is 0 Å². The van der Waals surface area contributed by atoms with Gasteiger partial charge in [-0.2, -0.15) is 18.3 Å². The number of aromatic carboxylic acids is 1. The van der Waals surface area contributed by atoms with Crippen LogP contribution in [0, 0.1) is 0 Å². The van der Waals surface area contributed by atoms with Crippen LogP contribution in [0.5, 0.6) is 0 Å². The van der Waals surface area contributed by atoms with Crippen LogP contribution in [0.1, 0.15) is 23.1 Å². The minimum atomic E-state index is -4.57. The Morgan fingerprint density at radius 3 is 2.50 bits per heavy atom. The summed E-state index contributed by atoms with van der Waals surface area (Å²) in [4.78, 5) is 10.4. The van der Waals surface area contributed by atoms with E-state index in [1.165, 1.54) is 6.92 Å². The first kappa shape index (κ1) is 10.6. The molecule has 0 saturated carbocycles. The van der Waals surface area contributed by atoms with Gasteiger partial charge in [-0.1, -0.05) is 0 Å². The number of carboxylic acid groups (broad SMARTS) is 1. The Bertz CT molecular complexity index is 356. The molecule has 0 spiro atoms. The van der Waals surface area contributed by atoms with E-state index >= 15 is 0 Å². The van der Waals surface area contributed by atoms with Crippen LogP contribution in [0.15, 0.2) is 6.07 Å². The Balaban J connectivity index is 3.22. The molecular weight excluding hydrogens is 201 g/mol. The Hall–Kier alpha value is -1.53. The van der Waals surface area contributed by atoms with Gasteiger partial charge in [0.15, 0.2) is 5.69 Å². The zero-order chi connectivity index (χ0) is 10.9. The maximum Gasteiger partial charge on any atom is 0.433 e. The highest BCUT2D eigenvalue weighted by Crippen LogP contribution is 2.29. The standard InChI is InChI=1S/C7H7F3N2O2/c1-2-12-5(7(8,9)10)3-4(11-12)6(13)14/h3H,2H2,1H3,(H,13,14). The third-order valence-corrected chi connectivity index (χ3v) is 1.59. The van der Waals surface area contributed by atoms with Crippen LogP contribution in [0.25, 0.3) is 0 Å². The molecule has 1 aromatic heterocycles. The molecule has 0 bridgehead atoms. The van der Waals surface area contributed by atoms with Crippen LogP contribution in [0.4, 0.5) is 13.2 Å². The molecule has 0 aromatic carbocycles. The van der Waals surface area contributed by atoms with Gasteiger partial charge < -0.3 is 5.11 Å². The SMILES string of the molecule is CCn1nc(C(=O)O)cc1C(F)(F)F. The summed E-state index contributed by atoms with van der Waals surface area (Å²) in [6.07, 6.45) is -4.57. The first-order valence-electron chi connectivity index (χ1n) is 3.74. The van der Waals surface area contributed by atoms with E-state index in [2.05, 4.69) is 5.10 Å². The van der Waals surface area contributed by atoms with Crippen LogP contribution < -0.4 is 0 Å². The summed E-state index contributed by atoms with van der Waals surface area (Å²) in [6.45, 7) is 1.43. The highest BCUT2D eigenvalue weighted by molar-refractivity contribution is 5.85. The van der Waals surface area contributed by atoms with Crippen LogP contribution >= 0.6 is 0 Å². The van der Waals surface area contributed by atoms with Crippen molar-refractivity contribution in [2.24, 2.45) is 0 Å². The number of aryl methyl sites for hydroxylation is 1. The Labute approximate surface area is 77.0 Å². The summed E-state index contributed by atoms with van der Waals surface area (Å²) in [5.41, 5.74) is -1.64. The highest BCUT2D eigenvalue weighted by atomic mass is 19.4. The molecule has 0 saturated heterocycles. The molecule has 0 aliphatic heterocycles. The minimum Gasteiger partial charge on any atom is -0.476 e. The number of nitrogens with zero attached hydrogens (tertiary/aromatic N) is 2. The summed E-state index contributed by atoms with van der Waals surface area (Å²) in [5, 5.41) is 11.7. The highest BCUT2D eigenvalue weighted by Gasteiger charge is 2.36. The molecule has 14 heavy (non-hydrogen) atoms. The van der Waals surface area contributed by atoms with Crippen LogP contribution in [0.3, 0.4) is 0 Å². The van der Waals surface area contributed by atoms with Crippen molar-refractivity contribution in [3.63, 3.8) is 0 Å². The summed E-state index contributed by atoms with van der Waals surface area (Å²) in [7, 11) is 0. The third-order valence-electron chi connectivity index (χ3n) is 1.59. The van der Waals surface area contributed by atoms with Crippen molar-refractivity contribution in [3.05, 3.63) is 17.5 Å². The van der Waals surface area contributed by atoms with Crippen LogP contribution in [-0.4, -0.2) is 20.9 Å². The average molecular weight is 208 g/mol. The van der Waals surface area contributed by atoms with E-state index in [9.17, 15) is 18.0 Å². The zero-order valence-electron chi connectivity index (χ0n) is 7.17. The van der Waals surface area contributed by atoms with Crippen molar-refractivity contribution in [3.8, 4) is 0 Å². The summed E-state index contributed by atoms with van der Waals surface area (Å²) < 4.78 is 37.4. The van der Waals surface area contributed by atoms with Gasteiger partial charge in [0.1, 0.15) is 5.69 Å². The summed E-state index contributed by atoms with van der Waals surface area (Å²) in [6, 6.07) is 0.520. The smallest absolute Gasteiger partial charge is 0.433 e. The molecular formula is C7H7F3N2O2. The molecule has 0 radical (unpaired) electrons. The second kappa shape index (κ2) is 3.32. The summed E-state index contributed by atoms with van der Waals surface area (Å²) >= 11 is 0. The second-order valence-corrected chi connectivity index (χ2v) is 2.53. The van der Waals surface area contributed by atoms with Gasteiger partial charge in [-0.15, -0.1) is 0 Å². The molecule has 1 N–H and O–H groups in total. The molecule has 0 aliphatic carbocycles. The van der Waals surface area contributed by atoms with E-state index in [-0.39, 0.29) is 6.54 Å². The summed E-state index contributed by atoms with van der Waals surface area (Å²) in [5.74, 6) is -1.47. The van der Waals surface area contributed by atoms with Crippen LogP contribution in [-0.2, 0) is 12.7 Å². The average Bonchev–Trinajstić information content (AvgIpc) is 2.46. The maximum absolute atomic E-state index is 12.3. The fourth-order valence-electron chi connectivity index (χ4n) is 0.991. The lowest BCUT2D eigenvalue weighted by molar-refractivity contribution is -0.144. The van der Waals surface area contributed by atoms with Gasteiger partial charge >= 0.3 is 12.1 Å². The molecule has 4 nitrogen and oxygen atoms in total. The van der Waals surface area contributed by atoms with Gasteiger partial charge in [0, 0.05) is 12.6 Å². The quantitative estimate of drug-likeness (QED) is 0.803. The van der Waals surface area contributed by atoms with E-state index in [4.69, 9.17) is 5.11 Å². The molecule has 78 valence electrons. The molecule has 0 amide bonds. The van der Waals surface area contributed by atoms with Crippen molar-refractivity contribution >= 4 is 5.97 Å². The first-order chi connectivity index (χ1) is 6.36. The molecule has 7 heteroatoms. The van der Waals surface area contributed by atoms with Gasteiger partial charge in [0.05, 0.1) is 0 Å². The fraction of sp³-hybridized carbons (Fsp3) is 0.429. The Kier molecular flexibility index (Phi) is 2.50. The first-order valence-corrected chi connectivity index (χ1v) is 3.74. The van der Waals surface area contributed by atoms with Crippen molar-refractivity contribution in [1.82, 2.24) is 9.78 Å². The van der Waals surface area contributed by atoms with Crippen molar-refractivity contribution in [2.45, 2.75) is 19.6 Å². The number of aromatic nitrogens is 2. The Morgan fingerprint density at radius 2 is 2.21 bits per heavy atom. The van der Waals surface area contributed by atoms with E-state index in [0.29, 0.717) is 10.7 Å². The zero-order valence-corrected chi connectivity index (χ0v) is 7.17. The van der Waals surface area contributed by atoms with Crippen molar-refractivity contribution in [1.29, 1.82) is 0 Å². The number of carboxylic acids is 1. The molecule has 0 unspecified atom stereocenters. The lowest BCUT2D eigenvalue weighted by atomic mass is 10.3. The molecule has 0 aliphatic rings. The van der Waals surface area contributed by atoms with Gasteiger partial charge in [-0.05, 0) is 6.92 Å². The largest absolute Gasteiger partial charge is 0.476 e. The number of hydrogen-bond donors (Lipinski definition) is 1. The van der Waals surface area contributed by atoms with E-state index in [0.717, 1.165) is 0 Å². The molecule has 0 atom stereocenters. The topological polar surface area (TPSA) is 55.1 Å². The number of hydrogen-bond acceptors (Lipinski definition) is 2. The van der Waals surface area contributed by atoms with Crippen molar-refractivity contribution in [2.75, 3.05) is 0 Å². The lowest BCUT2D eigenvalue weighted by Gasteiger charge is -2.06. The van der Waals surface area contributed by atoms with Gasteiger partial charge in [-0.3, -0.25) is 4.68 Å². The van der Waals surface area contributed by atoms with Crippen LogP contribution in [0.2, 0.25) is 0 Å². The number of rotatable bonds is 2. The molecule has 0 fully saturated rings. The lowest BCUT2D eigenvalue weighted by Crippen LogP contribution is -2.13. The number of carbonyl (C=O) groups is 1. The predicted molar refractivity (Wildman–Crippen MR) is 39.9 cm³/mol. The van der Waals surface area contributed by atoms with Gasteiger partial charge in [-0.25, -0.2) is 4.79 Å². The second-order valence-electron chi connectivity index (χ2n) is 2.53. The molecule has 1 aromatic rings. The normalized spacial score (nSPS) is 11.7. The van der Waals surface area contributed by atoms with Crippen molar-refractivity contribution < 1.29 is 23.1 Å². The predicted octanol–water partition coefficient (Wildman–Crippen LogP) is 1.62. The van der Waals surface area contributed by atoms with Gasteiger partial charge in [0.25, 0.3) is 0 Å². The molecule has 1 heterocycles.